The van der Waals surface area contributed by atoms with Gasteiger partial charge in [0.2, 0.25) is 0 Å². The number of hydrogen-bond acceptors (Lipinski definition) is 10. The van der Waals surface area contributed by atoms with Gasteiger partial charge >= 0.3 is 6.01 Å². The van der Waals surface area contributed by atoms with Crippen molar-refractivity contribution in [2.24, 2.45) is 0 Å². The summed E-state index contributed by atoms with van der Waals surface area (Å²) in [6.07, 6.45) is 9.70. The third kappa shape index (κ3) is 4.53. The van der Waals surface area contributed by atoms with Gasteiger partial charge in [0.1, 0.15) is 35.6 Å². The second kappa shape index (κ2) is 10.1. The summed E-state index contributed by atoms with van der Waals surface area (Å²) in [5, 5.41) is 14.8. The van der Waals surface area contributed by atoms with Gasteiger partial charge in [-0.2, -0.15) is 15.0 Å². The van der Waals surface area contributed by atoms with Crippen molar-refractivity contribution in [1.29, 1.82) is 0 Å². The van der Waals surface area contributed by atoms with E-state index in [0.29, 0.717) is 53.1 Å². The van der Waals surface area contributed by atoms with E-state index < -0.39 is 12.0 Å². The number of piperazine rings is 1. The minimum absolute atomic E-state index is 0.0117. The van der Waals surface area contributed by atoms with Gasteiger partial charge in [0.25, 0.3) is 5.19 Å². The van der Waals surface area contributed by atoms with Crippen molar-refractivity contribution in [2.75, 3.05) is 37.7 Å². The number of thiazole rings is 1. The average Bonchev–Trinajstić information content (AvgIpc) is 3.74. The van der Waals surface area contributed by atoms with Gasteiger partial charge in [-0.3, -0.25) is 4.90 Å². The van der Waals surface area contributed by atoms with Gasteiger partial charge in [-0.05, 0) is 62.7 Å². The highest BCUT2D eigenvalue weighted by Gasteiger charge is 2.45. The van der Waals surface area contributed by atoms with Crippen molar-refractivity contribution in [1.82, 2.24) is 25.2 Å². The number of ether oxygens (including phenoxy) is 2. The number of aromatic nitrogens is 3. The monoisotopic (exact) mass is 604 g/mol. The molecule has 4 aliphatic heterocycles. The molecule has 8 rings (SSSR count). The van der Waals surface area contributed by atoms with E-state index in [0.717, 1.165) is 38.8 Å². The molecule has 4 aromatic rings. The Balaban J connectivity index is 1.18. The van der Waals surface area contributed by atoms with Crippen LogP contribution in [0.3, 0.4) is 0 Å². The Morgan fingerprint density at radius 1 is 1.16 bits per heavy atom. The van der Waals surface area contributed by atoms with Gasteiger partial charge in [-0.15, -0.1) is 6.42 Å². The van der Waals surface area contributed by atoms with Crippen LogP contribution in [0.5, 0.6) is 22.7 Å². The first kappa shape index (κ1) is 26.8. The number of halogens is 2. The molecule has 2 aromatic carbocycles. The minimum Gasteiger partial charge on any atom is -0.508 e. The Hall–Kier alpha value is -3.79. The van der Waals surface area contributed by atoms with E-state index in [1.54, 1.807) is 0 Å². The van der Waals surface area contributed by atoms with Crippen molar-refractivity contribution >= 4 is 38.3 Å². The van der Waals surface area contributed by atoms with E-state index >= 15 is 0 Å². The van der Waals surface area contributed by atoms with Gasteiger partial charge in [0.15, 0.2) is 10.6 Å². The molecule has 4 saturated heterocycles. The third-order valence-electron chi connectivity index (χ3n) is 9.39. The number of fused-ring (bicyclic) bond motifs is 5. The van der Waals surface area contributed by atoms with Crippen molar-refractivity contribution < 1.29 is 23.4 Å². The molecule has 0 amide bonds. The van der Waals surface area contributed by atoms with Crippen molar-refractivity contribution in [2.45, 2.75) is 55.9 Å². The SMILES string of the molecule is C#Cc1c(F)ccc2cc(O)cc(Oc3nc4c(N5CC6C[C@H](F)C(C5)N6)nc(OCC56CCCN5CCC6)nc4s3)c12. The second-order valence-corrected chi connectivity index (χ2v) is 12.9. The number of nitrogens with zero attached hydrogens (tertiary/aromatic N) is 5. The summed E-state index contributed by atoms with van der Waals surface area (Å²) in [6, 6.07) is 5.67. The van der Waals surface area contributed by atoms with Crippen LogP contribution in [-0.4, -0.2) is 81.5 Å². The molecule has 0 radical (unpaired) electrons. The molecule has 2 bridgehead atoms. The van der Waals surface area contributed by atoms with Gasteiger partial charge < -0.3 is 24.8 Å². The maximum atomic E-state index is 14.6. The smallest absolute Gasteiger partial charge is 0.319 e. The maximum absolute atomic E-state index is 14.6. The Bertz CT molecular complexity index is 1780. The summed E-state index contributed by atoms with van der Waals surface area (Å²) in [7, 11) is 0. The van der Waals surface area contributed by atoms with Gasteiger partial charge in [-0.1, -0.05) is 23.3 Å². The number of phenols is 1. The topological polar surface area (TPSA) is 95.9 Å². The van der Waals surface area contributed by atoms with Crippen LogP contribution in [0.25, 0.3) is 21.1 Å². The number of benzene rings is 2. The molecule has 0 spiro atoms. The van der Waals surface area contributed by atoms with Crippen LogP contribution in [0.15, 0.2) is 24.3 Å². The lowest BCUT2D eigenvalue weighted by Gasteiger charge is -2.34. The highest BCUT2D eigenvalue weighted by Crippen LogP contribution is 2.42. The molecule has 4 aliphatic rings. The fraction of sp³-hybridized carbons (Fsp3) is 0.452. The van der Waals surface area contributed by atoms with E-state index in [2.05, 4.69) is 21.0 Å². The molecule has 0 aliphatic carbocycles. The van der Waals surface area contributed by atoms with E-state index in [-0.39, 0.29) is 45.9 Å². The van der Waals surface area contributed by atoms with E-state index in [1.165, 1.54) is 35.6 Å². The Kier molecular flexibility index (Phi) is 6.33. The number of phenolic OH excluding ortho intramolecular Hbond substituents is 1. The zero-order valence-electron chi connectivity index (χ0n) is 23.4. The molecule has 12 heteroatoms. The van der Waals surface area contributed by atoms with Crippen molar-refractivity contribution in [3.05, 3.63) is 35.6 Å². The van der Waals surface area contributed by atoms with Crippen LogP contribution >= 0.6 is 11.3 Å². The number of anilines is 1. The second-order valence-electron chi connectivity index (χ2n) is 12.0. The highest BCUT2D eigenvalue weighted by atomic mass is 32.1. The first-order valence-electron chi connectivity index (χ1n) is 14.7. The van der Waals surface area contributed by atoms with Gasteiger partial charge in [0, 0.05) is 30.6 Å². The Labute approximate surface area is 250 Å². The average molecular weight is 605 g/mol. The number of aromatic hydroxyl groups is 1. The zero-order chi connectivity index (χ0) is 29.3. The zero-order valence-corrected chi connectivity index (χ0v) is 24.2. The lowest BCUT2D eigenvalue weighted by atomic mass is 9.95. The van der Waals surface area contributed by atoms with Crippen molar-refractivity contribution in [3.63, 3.8) is 0 Å². The van der Waals surface area contributed by atoms with Crippen LogP contribution in [0.1, 0.15) is 37.7 Å². The first-order chi connectivity index (χ1) is 20.9. The number of alkyl halides is 1. The lowest BCUT2D eigenvalue weighted by molar-refractivity contribution is 0.108. The van der Waals surface area contributed by atoms with Crippen LogP contribution in [0.2, 0.25) is 0 Å². The molecular formula is C31H30F2N6O3S. The number of hydrogen-bond donors (Lipinski definition) is 2. The van der Waals surface area contributed by atoms with Crippen LogP contribution in [0, 0.1) is 18.2 Å². The largest absolute Gasteiger partial charge is 0.508 e. The number of terminal acetylenes is 1. The van der Waals surface area contributed by atoms with Crippen LogP contribution in [-0.2, 0) is 0 Å². The molecule has 2 N–H and O–H groups in total. The number of rotatable bonds is 6. The minimum atomic E-state index is -0.919. The predicted octanol–water partition coefficient (Wildman–Crippen LogP) is 4.75. The molecule has 2 aromatic heterocycles. The summed E-state index contributed by atoms with van der Waals surface area (Å²) in [6.45, 7) is 3.71. The standard InChI is InChI=1S/C31H30F2N6O3S/c1-2-20-21(32)6-5-17-11-19(40)13-24(25(17)20)42-30-35-26-27(38-14-18-12-22(33)23(15-38)34-18)36-29(37-28(26)43-30)41-16-31-7-3-9-39(31)10-4-8-31/h1,5-6,11,13,18,22-23,34,40H,3-4,7-10,12,14-16H2/t18?,22-,23?/m0/s1. The third-order valence-corrected chi connectivity index (χ3v) is 10.2. The highest BCUT2D eigenvalue weighted by molar-refractivity contribution is 7.19. The van der Waals surface area contributed by atoms with Crippen LogP contribution < -0.4 is 19.7 Å². The maximum Gasteiger partial charge on any atom is 0.319 e. The molecule has 9 nitrogen and oxygen atoms in total. The molecule has 6 heterocycles. The predicted molar refractivity (Wildman–Crippen MR) is 159 cm³/mol. The molecule has 222 valence electrons. The fourth-order valence-electron chi connectivity index (χ4n) is 7.42. The Morgan fingerprint density at radius 2 is 2.00 bits per heavy atom. The summed E-state index contributed by atoms with van der Waals surface area (Å²) in [5.74, 6) is 2.53. The van der Waals surface area contributed by atoms with E-state index in [4.69, 9.17) is 30.8 Å². The molecule has 0 saturated carbocycles. The molecule has 3 atom stereocenters. The quantitative estimate of drug-likeness (QED) is 0.302. The van der Waals surface area contributed by atoms with Gasteiger partial charge in [-0.25, -0.2) is 8.78 Å². The van der Waals surface area contributed by atoms with E-state index in [1.807, 2.05) is 0 Å². The molecule has 43 heavy (non-hydrogen) atoms. The van der Waals surface area contributed by atoms with Crippen molar-refractivity contribution in [3.8, 4) is 35.0 Å². The van der Waals surface area contributed by atoms with Crippen LogP contribution in [0.4, 0.5) is 14.6 Å². The first-order valence-corrected chi connectivity index (χ1v) is 15.5. The summed E-state index contributed by atoms with van der Waals surface area (Å²) >= 11 is 1.19. The normalized spacial score (nSPS) is 24.5. The number of nitrogens with one attached hydrogen (secondary N) is 1. The fourth-order valence-corrected chi connectivity index (χ4v) is 8.21. The summed E-state index contributed by atoms with van der Waals surface area (Å²) in [5.41, 5.74) is 0.573. The summed E-state index contributed by atoms with van der Waals surface area (Å²) in [4.78, 5) is 19.4. The molecule has 2 unspecified atom stereocenters. The molecular weight excluding hydrogens is 574 g/mol. The van der Waals surface area contributed by atoms with Gasteiger partial charge in [0.05, 0.1) is 17.1 Å². The molecule has 4 fully saturated rings. The van der Waals surface area contributed by atoms with E-state index in [9.17, 15) is 13.9 Å². The Morgan fingerprint density at radius 3 is 2.79 bits per heavy atom. The summed E-state index contributed by atoms with van der Waals surface area (Å²) < 4.78 is 41.8. The lowest BCUT2D eigenvalue weighted by Crippen LogP contribution is -2.52.